The molecule has 0 unspecified atom stereocenters. The van der Waals surface area contributed by atoms with Crippen LogP contribution in [0.25, 0.3) is 16.0 Å². The van der Waals surface area contributed by atoms with Gasteiger partial charge in [-0.15, -0.1) is 11.3 Å². The first-order chi connectivity index (χ1) is 13.2. The van der Waals surface area contributed by atoms with Crippen molar-refractivity contribution in [2.45, 2.75) is 45.6 Å². The van der Waals surface area contributed by atoms with Gasteiger partial charge >= 0.3 is 0 Å². The summed E-state index contributed by atoms with van der Waals surface area (Å²) in [6, 6.07) is 8.87. The minimum atomic E-state index is 0.0367. The third-order valence-corrected chi connectivity index (χ3v) is 6.01. The number of benzene rings is 1. The molecule has 1 aromatic carbocycles. The number of nitriles is 1. The highest BCUT2D eigenvalue weighted by Gasteiger charge is 2.18. The molecular formula is C23H22N2OS. The summed E-state index contributed by atoms with van der Waals surface area (Å²) in [6.07, 6.45) is 12.2. The maximum atomic E-state index is 9.42. The molecule has 0 amide bonds. The van der Waals surface area contributed by atoms with Gasteiger partial charge in [0.1, 0.15) is 16.8 Å². The molecule has 0 aliphatic heterocycles. The van der Waals surface area contributed by atoms with Crippen LogP contribution in [0.2, 0.25) is 0 Å². The fraction of sp³-hybridized carbons (Fsp3) is 0.304. The van der Waals surface area contributed by atoms with Gasteiger partial charge in [0.25, 0.3) is 0 Å². The standard InChI is InChI=1S/C23H22N2OS/c1-15(2)26-21-12-11-17(9-10-18(21)13-24)23-25-14-22(27-23)20-8-4-6-16-5-3-7-19(16)20/h4,6,8,10-12,14-15H,3,5,7,9H2,1-2H3. The number of ether oxygens (including phenoxy) is 1. The van der Waals surface area contributed by atoms with Crippen molar-refractivity contribution in [2.24, 2.45) is 0 Å². The van der Waals surface area contributed by atoms with Gasteiger partial charge in [0.05, 0.1) is 16.6 Å². The van der Waals surface area contributed by atoms with E-state index in [2.05, 4.69) is 29.3 Å². The van der Waals surface area contributed by atoms with E-state index in [1.807, 2.05) is 38.3 Å². The van der Waals surface area contributed by atoms with Gasteiger partial charge in [-0.1, -0.05) is 30.4 Å². The molecule has 136 valence electrons. The van der Waals surface area contributed by atoms with E-state index in [1.165, 1.54) is 34.4 Å². The van der Waals surface area contributed by atoms with Crippen molar-refractivity contribution in [1.29, 1.82) is 5.26 Å². The van der Waals surface area contributed by atoms with Gasteiger partial charge in [0, 0.05) is 6.20 Å². The van der Waals surface area contributed by atoms with E-state index in [9.17, 15) is 5.26 Å². The summed E-state index contributed by atoms with van der Waals surface area (Å²) in [6.45, 7) is 3.94. The van der Waals surface area contributed by atoms with E-state index in [4.69, 9.17) is 4.74 Å². The number of aromatic nitrogens is 1. The summed E-state index contributed by atoms with van der Waals surface area (Å²) in [7, 11) is 0. The van der Waals surface area contributed by atoms with Gasteiger partial charge in [0.15, 0.2) is 0 Å². The lowest BCUT2D eigenvalue weighted by atomic mass is 10.0. The van der Waals surface area contributed by atoms with Crippen molar-refractivity contribution in [3.8, 4) is 16.5 Å². The minimum Gasteiger partial charge on any atom is -0.490 e. The van der Waals surface area contributed by atoms with Gasteiger partial charge in [-0.05, 0) is 67.9 Å². The van der Waals surface area contributed by atoms with E-state index in [0.29, 0.717) is 17.8 Å². The Hall–Kier alpha value is -2.64. The molecule has 0 fully saturated rings. The summed E-state index contributed by atoms with van der Waals surface area (Å²) in [5, 5.41) is 10.4. The zero-order chi connectivity index (χ0) is 18.8. The molecule has 2 aromatic rings. The molecule has 0 radical (unpaired) electrons. The van der Waals surface area contributed by atoms with Crippen molar-refractivity contribution in [1.82, 2.24) is 4.98 Å². The van der Waals surface area contributed by atoms with E-state index < -0.39 is 0 Å². The molecule has 0 saturated heterocycles. The van der Waals surface area contributed by atoms with Crippen LogP contribution in [0.15, 0.2) is 54.0 Å². The maximum absolute atomic E-state index is 9.42. The highest BCUT2D eigenvalue weighted by molar-refractivity contribution is 7.16. The second-order valence-corrected chi connectivity index (χ2v) is 8.18. The molecule has 1 heterocycles. The fourth-order valence-electron chi connectivity index (χ4n) is 3.66. The van der Waals surface area contributed by atoms with Gasteiger partial charge in [-0.25, -0.2) is 4.98 Å². The van der Waals surface area contributed by atoms with Crippen LogP contribution >= 0.6 is 11.3 Å². The topological polar surface area (TPSA) is 45.9 Å². The van der Waals surface area contributed by atoms with Gasteiger partial charge in [-0.3, -0.25) is 0 Å². The number of hydrogen-bond acceptors (Lipinski definition) is 4. The Kier molecular flexibility index (Phi) is 4.96. The first kappa shape index (κ1) is 17.8. The zero-order valence-electron chi connectivity index (χ0n) is 15.7. The second-order valence-electron chi connectivity index (χ2n) is 7.15. The van der Waals surface area contributed by atoms with Crippen LogP contribution in [0.5, 0.6) is 0 Å². The molecule has 4 rings (SSSR count). The van der Waals surface area contributed by atoms with Crippen molar-refractivity contribution in [2.75, 3.05) is 0 Å². The fourth-order valence-corrected chi connectivity index (χ4v) is 4.66. The quantitative estimate of drug-likeness (QED) is 0.675. The van der Waals surface area contributed by atoms with Gasteiger partial charge in [0.2, 0.25) is 0 Å². The average Bonchev–Trinajstić information content (AvgIpc) is 3.28. The lowest BCUT2D eigenvalue weighted by Crippen LogP contribution is -2.03. The number of thiazole rings is 1. The first-order valence-electron chi connectivity index (χ1n) is 9.41. The van der Waals surface area contributed by atoms with E-state index in [-0.39, 0.29) is 6.10 Å². The second kappa shape index (κ2) is 7.54. The minimum absolute atomic E-state index is 0.0367. The molecule has 3 nitrogen and oxygen atoms in total. The number of fused-ring (bicyclic) bond motifs is 1. The van der Waals surface area contributed by atoms with Crippen LogP contribution in [0.1, 0.15) is 42.8 Å². The van der Waals surface area contributed by atoms with Crippen molar-refractivity contribution in [3.63, 3.8) is 0 Å². The Labute approximate surface area is 164 Å². The highest BCUT2D eigenvalue weighted by Crippen LogP contribution is 2.37. The molecule has 27 heavy (non-hydrogen) atoms. The number of nitrogens with zero attached hydrogens (tertiary/aromatic N) is 2. The van der Waals surface area contributed by atoms with Crippen LogP contribution in [-0.2, 0) is 17.6 Å². The molecule has 0 atom stereocenters. The predicted octanol–water partition coefficient (Wildman–Crippen LogP) is 5.84. The van der Waals surface area contributed by atoms with Crippen LogP contribution in [0.3, 0.4) is 0 Å². The summed E-state index contributed by atoms with van der Waals surface area (Å²) in [4.78, 5) is 5.91. The molecule has 1 aromatic heterocycles. The third-order valence-electron chi connectivity index (χ3n) is 4.90. The summed E-state index contributed by atoms with van der Waals surface area (Å²) in [5.41, 5.74) is 6.01. The zero-order valence-corrected chi connectivity index (χ0v) is 16.5. The molecule has 4 heteroatoms. The SMILES string of the molecule is CC(C)OC1=CC=C(c2ncc(-c3cccc4c3CCC4)s2)CC=C1C#N. The normalized spacial score (nSPS) is 16.1. The Balaban J connectivity index is 1.65. The van der Waals surface area contributed by atoms with Crippen LogP contribution in [0.4, 0.5) is 0 Å². The highest BCUT2D eigenvalue weighted by atomic mass is 32.1. The Bertz CT molecular complexity index is 1000. The number of allylic oxidation sites excluding steroid dienone is 5. The number of aryl methyl sites for hydroxylation is 1. The molecular weight excluding hydrogens is 352 g/mol. The first-order valence-corrected chi connectivity index (χ1v) is 10.2. The molecule has 2 aliphatic carbocycles. The molecule has 0 bridgehead atoms. The molecule has 2 aliphatic rings. The third kappa shape index (κ3) is 3.61. The van der Waals surface area contributed by atoms with Crippen LogP contribution in [-0.4, -0.2) is 11.1 Å². The smallest absolute Gasteiger partial charge is 0.137 e. The number of hydrogen-bond donors (Lipinski definition) is 0. The van der Waals surface area contributed by atoms with E-state index >= 15 is 0 Å². The summed E-state index contributed by atoms with van der Waals surface area (Å²) >= 11 is 1.73. The van der Waals surface area contributed by atoms with Crippen molar-refractivity contribution < 1.29 is 4.74 Å². The van der Waals surface area contributed by atoms with Crippen molar-refractivity contribution >= 4 is 16.9 Å². The Morgan fingerprint density at radius 2 is 2.11 bits per heavy atom. The molecule has 0 N–H and O–H groups in total. The molecule has 0 saturated carbocycles. The summed E-state index contributed by atoms with van der Waals surface area (Å²) in [5.74, 6) is 0.639. The summed E-state index contributed by atoms with van der Waals surface area (Å²) < 4.78 is 5.79. The molecule has 0 spiro atoms. The van der Waals surface area contributed by atoms with Crippen LogP contribution < -0.4 is 0 Å². The predicted molar refractivity (Wildman–Crippen MR) is 110 cm³/mol. The Morgan fingerprint density at radius 3 is 2.93 bits per heavy atom. The lowest BCUT2D eigenvalue weighted by Gasteiger charge is -2.11. The van der Waals surface area contributed by atoms with Gasteiger partial charge in [-0.2, -0.15) is 5.26 Å². The monoisotopic (exact) mass is 374 g/mol. The largest absolute Gasteiger partial charge is 0.490 e. The maximum Gasteiger partial charge on any atom is 0.137 e. The van der Waals surface area contributed by atoms with Crippen molar-refractivity contribution in [3.05, 3.63) is 70.1 Å². The van der Waals surface area contributed by atoms with Crippen LogP contribution in [0, 0.1) is 11.3 Å². The number of rotatable bonds is 4. The Morgan fingerprint density at radius 1 is 1.22 bits per heavy atom. The lowest BCUT2D eigenvalue weighted by molar-refractivity contribution is 0.155. The average molecular weight is 375 g/mol. The van der Waals surface area contributed by atoms with E-state index in [0.717, 1.165) is 17.0 Å². The van der Waals surface area contributed by atoms with E-state index in [1.54, 1.807) is 11.3 Å². The van der Waals surface area contributed by atoms with Gasteiger partial charge < -0.3 is 4.74 Å².